The molecule has 0 aromatic rings. The van der Waals surface area contributed by atoms with Gasteiger partial charge >= 0.3 is 0 Å². The van der Waals surface area contributed by atoms with Crippen molar-refractivity contribution in [3.8, 4) is 0 Å². The summed E-state index contributed by atoms with van der Waals surface area (Å²) in [5.74, 6) is 0.920. The van der Waals surface area contributed by atoms with Crippen molar-refractivity contribution in [3.05, 3.63) is 11.3 Å². The molecule has 1 N–H and O–H groups in total. The van der Waals surface area contributed by atoms with Crippen LogP contribution < -0.4 is 0 Å². The van der Waals surface area contributed by atoms with Gasteiger partial charge in [-0.1, -0.05) is 0 Å². The molecule has 0 saturated carbocycles. The summed E-state index contributed by atoms with van der Waals surface area (Å²) in [5, 5.41) is 8.72. The molecule has 1 aliphatic heterocycles. The summed E-state index contributed by atoms with van der Waals surface area (Å²) in [4.78, 5) is 0. The summed E-state index contributed by atoms with van der Waals surface area (Å²) in [6.07, 6.45) is 2.05. The molecule has 1 rings (SSSR count). The van der Waals surface area contributed by atoms with Crippen molar-refractivity contribution in [1.82, 2.24) is 0 Å². The molecular weight excluding hydrogens is 116 g/mol. The van der Waals surface area contributed by atoms with Crippen molar-refractivity contribution in [3.63, 3.8) is 0 Å². The van der Waals surface area contributed by atoms with Crippen molar-refractivity contribution >= 4 is 0 Å². The van der Waals surface area contributed by atoms with E-state index in [0.717, 1.165) is 30.8 Å². The van der Waals surface area contributed by atoms with Crippen LogP contribution in [0, 0.1) is 0 Å². The van der Waals surface area contributed by atoms with Gasteiger partial charge in [0.15, 0.2) is 0 Å². The first-order chi connectivity index (χ1) is 4.34. The molecule has 0 radical (unpaired) electrons. The zero-order valence-electron chi connectivity index (χ0n) is 5.68. The number of ether oxygens (including phenoxy) is 1. The highest BCUT2D eigenvalue weighted by atomic mass is 16.5. The summed E-state index contributed by atoms with van der Waals surface area (Å²) in [6, 6.07) is 0. The van der Waals surface area contributed by atoms with Gasteiger partial charge in [-0.15, -0.1) is 0 Å². The second kappa shape index (κ2) is 2.87. The van der Waals surface area contributed by atoms with E-state index < -0.39 is 0 Å². The molecule has 2 nitrogen and oxygen atoms in total. The van der Waals surface area contributed by atoms with Gasteiger partial charge in [0.05, 0.1) is 19.0 Å². The predicted octanol–water partition coefficient (Wildman–Crippen LogP) is 1.06. The highest BCUT2D eigenvalue weighted by Gasteiger charge is 2.07. The minimum absolute atomic E-state index is 0.159. The first-order valence-corrected chi connectivity index (χ1v) is 3.27. The van der Waals surface area contributed by atoms with Crippen LogP contribution in [0.3, 0.4) is 0 Å². The van der Waals surface area contributed by atoms with Crippen LogP contribution in [0.15, 0.2) is 11.3 Å². The van der Waals surface area contributed by atoms with E-state index in [-0.39, 0.29) is 6.61 Å². The Bertz CT molecular complexity index is 127. The lowest BCUT2D eigenvalue weighted by Crippen LogP contribution is -2.06. The Morgan fingerprint density at radius 1 is 1.67 bits per heavy atom. The first kappa shape index (κ1) is 6.62. The van der Waals surface area contributed by atoms with Gasteiger partial charge in [0.25, 0.3) is 0 Å². The van der Waals surface area contributed by atoms with Crippen molar-refractivity contribution in [2.75, 3.05) is 13.2 Å². The second-order valence-corrected chi connectivity index (χ2v) is 2.27. The van der Waals surface area contributed by atoms with Crippen molar-refractivity contribution < 1.29 is 9.84 Å². The highest BCUT2D eigenvalue weighted by Crippen LogP contribution is 2.17. The molecule has 0 aromatic heterocycles. The van der Waals surface area contributed by atoms with Crippen LogP contribution in [0.1, 0.15) is 19.8 Å². The van der Waals surface area contributed by atoms with Gasteiger partial charge in [0.1, 0.15) is 0 Å². The van der Waals surface area contributed by atoms with Gasteiger partial charge in [0, 0.05) is 0 Å². The number of aliphatic hydroxyl groups is 1. The standard InChI is InChI=1S/C7H12O2/c1-6-7(5-8)3-2-4-9-6/h8H,2-5H2,1H3. The van der Waals surface area contributed by atoms with Crippen molar-refractivity contribution in [1.29, 1.82) is 0 Å². The molecule has 0 aliphatic carbocycles. The minimum atomic E-state index is 0.159. The normalized spacial score (nSPS) is 19.8. The number of hydrogen-bond donors (Lipinski definition) is 1. The molecule has 0 amide bonds. The van der Waals surface area contributed by atoms with E-state index in [2.05, 4.69) is 0 Å². The lowest BCUT2D eigenvalue weighted by atomic mass is 10.1. The molecule has 2 heteroatoms. The largest absolute Gasteiger partial charge is 0.498 e. The van der Waals surface area contributed by atoms with Gasteiger partial charge in [-0.3, -0.25) is 0 Å². The third kappa shape index (κ3) is 1.45. The molecule has 52 valence electrons. The lowest BCUT2D eigenvalue weighted by Gasteiger charge is -2.16. The second-order valence-electron chi connectivity index (χ2n) is 2.27. The molecule has 1 aliphatic rings. The molecule has 0 spiro atoms. The molecule has 0 bridgehead atoms. The van der Waals surface area contributed by atoms with E-state index in [0.29, 0.717) is 0 Å². The fourth-order valence-corrected chi connectivity index (χ4v) is 0.979. The van der Waals surface area contributed by atoms with Gasteiger partial charge < -0.3 is 9.84 Å². The monoisotopic (exact) mass is 128 g/mol. The predicted molar refractivity (Wildman–Crippen MR) is 35.0 cm³/mol. The summed E-state index contributed by atoms with van der Waals surface area (Å²) in [6.45, 7) is 2.88. The maximum atomic E-state index is 8.72. The van der Waals surface area contributed by atoms with E-state index >= 15 is 0 Å². The molecular formula is C7H12O2. The van der Waals surface area contributed by atoms with E-state index in [4.69, 9.17) is 9.84 Å². The Balaban J connectivity index is 2.59. The van der Waals surface area contributed by atoms with Crippen LogP contribution in [0.5, 0.6) is 0 Å². The van der Waals surface area contributed by atoms with E-state index in [9.17, 15) is 0 Å². The SMILES string of the molecule is CC1=C(CO)CCCO1. The van der Waals surface area contributed by atoms with Gasteiger partial charge in [-0.2, -0.15) is 0 Å². The fourth-order valence-electron chi connectivity index (χ4n) is 0.979. The Labute approximate surface area is 55.1 Å². The van der Waals surface area contributed by atoms with Crippen LogP contribution in [0.4, 0.5) is 0 Å². The zero-order chi connectivity index (χ0) is 6.69. The average Bonchev–Trinajstić information content (AvgIpc) is 1.89. The van der Waals surface area contributed by atoms with Crippen LogP contribution in [-0.4, -0.2) is 18.3 Å². The topological polar surface area (TPSA) is 29.5 Å². The summed E-state index contributed by atoms with van der Waals surface area (Å²) >= 11 is 0. The summed E-state index contributed by atoms with van der Waals surface area (Å²) in [5.41, 5.74) is 1.06. The van der Waals surface area contributed by atoms with Crippen molar-refractivity contribution in [2.24, 2.45) is 0 Å². The van der Waals surface area contributed by atoms with Crippen LogP contribution in [0.2, 0.25) is 0 Å². The van der Waals surface area contributed by atoms with Crippen LogP contribution >= 0.6 is 0 Å². The maximum absolute atomic E-state index is 8.72. The molecule has 1 heterocycles. The minimum Gasteiger partial charge on any atom is -0.498 e. The Morgan fingerprint density at radius 3 is 2.89 bits per heavy atom. The molecule has 0 atom stereocenters. The number of aliphatic hydroxyl groups excluding tert-OH is 1. The average molecular weight is 128 g/mol. The number of hydrogen-bond acceptors (Lipinski definition) is 2. The van der Waals surface area contributed by atoms with E-state index in [1.165, 1.54) is 0 Å². The molecule has 0 aromatic carbocycles. The van der Waals surface area contributed by atoms with E-state index in [1.54, 1.807) is 0 Å². The third-order valence-electron chi connectivity index (χ3n) is 1.63. The number of rotatable bonds is 1. The van der Waals surface area contributed by atoms with Gasteiger partial charge in [-0.05, 0) is 25.3 Å². The van der Waals surface area contributed by atoms with Gasteiger partial charge in [-0.25, -0.2) is 0 Å². The van der Waals surface area contributed by atoms with E-state index in [1.807, 2.05) is 6.92 Å². The number of allylic oxidation sites excluding steroid dienone is 1. The van der Waals surface area contributed by atoms with Crippen LogP contribution in [-0.2, 0) is 4.74 Å². The third-order valence-corrected chi connectivity index (χ3v) is 1.63. The molecule has 9 heavy (non-hydrogen) atoms. The van der Waals surface area contributed by atoms with Crippen LogP contribution in [0.25, 0.3) is 0 Å². The Kier molecular flexibility index (Phi) is 2.11. The Hall–Kier alpha value is -0.500. The quantitative estimate of drug-likeness (QED) is 0.572. The molecule has 0 saturated heterocycles. The highest BCUT2D eigenvalue weighted by molar-refractivity contribution is 5.08. The molecule has 0 unspecified atom stereocenters. The summed E-state index contributed by atoms with van der Waals surface area (Å²) in [7, 11) is 0. The summed E-state index contributed by atoms with van der Waals surface area (Å²) < 4.78 is 5.20. The zero-order valence-corrected chi connectivity index (χ0v) is 5.68. The first-order valence-electron chi connectivity index (χ1n) is 3.27. The van der Waals surface area contributed by atoms with Crippen molar-refractivity contribution in [2.45, 2.75) is 19.8 Å². The fraction of sp³-hybridized carbons (Fsp3) is 0.714. The smallest absolute Gasteiger partial charge is 0.0943 e. The molecule has 0 fully saturated rings. The van der Waals surface area contributed by atoms with Gasteiger partial charge in [0.2, 0.25) is 0 Å². The lowest BCUT2D eigenvalue weighted by molar-refractivity contribution is 0.178. The Morgan fingerprint density at radius 2 is 2.44 bits per heavy atom. The maximum Gasteiger partial charge on any atom is 0.0943 e.